The zero-order chi connectivity index (χ0) is 24.0. The highest BCUT2D eigenvalue weighted by Crippen LogP contribution is 2.16. The van der Waals surface area contributed by atoms with Crippen LogP contribution in [0.25, 0.3) is 0 Å². The standard InChI is InChI=1S/C22H46N4O3S2/c1-8-15(3)18(24-12-17(23)14-30)13-25-20(16(4)9-2)21(27)26(5)19(10-11-31-7)22(28)29-6/h15-20,24-25,30H,8-14,23H2,1-7H3/t15-,16-,17+,18+,19-,20-/m0/s1. The van der Waals surface area contributed by atoms with E-state index in [1.807, 2.05) is 6.26 Å². The number of carbonyl (C=O) groups is 2. The third kappa shape index (κ3) is 10.8. The number of nitrogens with zero attached hydrogens (tertiary/aromatic N) is 1. The first-order valence-electron chi connectivity index (χ1n) is 11.3. The van der Waals surface area contributed by atoms with E-state index in [4.69, 9.17) is 10.5 Å². The predicted molar refractivity (Wildman–Crippen MR) is 136 cm³/mol. The Labute approximate surface area is 199 Å². The van der Waals surface area contributed by atoms with E-state index >= 15 is 0 Å². The summed E-state index contributed by atoms with van der Waals surface area (Å²) in [6.45, 7) is 9.84. The van der Waals surface area contributed by atoms with Crippen LogP contribution in [0.4, 0.5) is 0 Å². The molecule has 6 atom stereocenters. The Bertz CT molecular complexity index is 513. The van der Waals surface area contributed by atoms with Crippen LogP contribution in [0.5, 0.6) is 0 Å². The van der Waals surface area contributed by atoms with Gasteiger partial charge in [0.15, 0.2) is 0 Å². The van der Waals surface area contributed by atoms with E-state index in [-0.39, 0.29) is 35.9 Å². The molecule has 1 amide bonds. The number of nitrogens with two attached hydrogens (primary N) is 1. The van der Waals surface area contributed by atoms with Gasteiger partial charge in [-0.2, -0.15) is 24.4 Å². The largest absolute Gasteiger partial charge is 0.467 e. The highest BCUT2D eigenvalue weighted by molar-refractivity contribution is 7.98. The maximum Gasteiger partial charge on any atom is 0.328 e. The molecule has 184 valence electrons. The smallest absolute Gasteiger partial charge is 0.328 e. The number of thioether (sulfide) groups is 1. The first-order chi connectivity index (χ1) is 14.7. The van der Waals surface area contributed by atoms with Crippen LogP contribution in [-0.2, 0) is 14.3 Å². The summed E-state index contributed by atoms with van der Waals surface area (Å²) in [7, 11) is 3.08. The lowest BCUT2D eigenvalue weighted by molar-refractivity contribution is -0.153. The van der Waals surface area contributed by atoms with Crippen LogP contribution in [0.3, 0.4) is 0 Å². The molecule has 9 heteroatoms. The molecule has 0 aromatic rings. The fourth-order valence-electron chi connectivity index (χ4n) is 3.36. The fraction of sp³-hybridized carbons (Fsp3) is 0.909. The van der Waals surface area contributed by atoms with Gasteiger partial charge in [-0.3, -0.25) is 4.79 Å². The average molecular weight is 479 g/mol. The number of hydrogen-bond donors (Lipinski definition) is 4. The van der Waals surface area contributed by atoms with Gasteiger partial charge < -0.3 is 26.0 Å². The molecule has 0 saturated carbocycles. The van der Waals surface area contributed by atoms with Crippen molar-refractivity contribution in [2.45, 2.75) is 71.1 Å². The van der Waals surface area contributed by atoms with E-state index in [0.717, 1.165) is 18.6 Å². The molecule has 0 unspecified atom stereocenters. The highest BCUT2D eigenvalue weighted by Gasteiger charge is 2.34. The summed E-state index contributed by atoms with van der Waals surface area (Å²) in [6, 6.07) is -0.766. The molecule has 4 N–H and O–H groups in total. The van der Waals surface area contributed by atoms with Crippen molar-refractivity contribution < 1.29 is 14.3 Å². The first kappa shape index (κ1) is 30.5. The van der Waals surface area contributed by atoms with Gasteiger partial charge in [0.05, 0.1) is 13.2 Å². The summed E-state index contributed by atoms with van der Waals surface area (Å²) in [5, 5.41) is 7.05. The van der Waals surface area contributed by atoms with Gasteiger partial charge in [-0.1, -0.05) is 40.5 Å². The molecule has 0 bridgehead atoms. The summed E-state index contributed by atoms with van der Waals surface area (Å²) in [5.74, 6) is 1.52. The number of ether oxygens (including phenoxy) is 1. The maximum absolute atomic E-state index is 13.4. The summed E-state index contributed by atoms with van der Waals surface area (Å²) in [6.07, 6.45) is 4.44. The first-order valence-corrected chi connectivity index (χ1v) is 13.4. The second-order valence-corrected chi connectivity index (χ2v) is 9.73. The van der Waals surface area contributed by atoms with Crippen molar-refractivity contribution in [2.75, 3.05) is 45.0 Å². The molecule has 0 heterocycles. The van der Waals surface area contributed by atoms with Crippen molar-refractivity contribution >= 4 is 36.3 Å². The molecule has 0 aliphatic heterocycles. The minimum Gasteiger partial charge on any atom is -0.467 e. The van der Waals surface area contributed by atoms with Gasteiger partial charge >= 0.3 is 5.97 Å². The van der Waals surface area contributed by atoms with Crippen molar-refractivity contribution in [1.29, 1.82) is 0 Å². The Hall–Kier alpha value is -0.480. The van der Waals surface area contributed by atoms with Gasteiger partial charge in [0.2, 0.25) is 5.91 Å². The summed E-state index contributed by atoms with van der Waals surface area (Å²) >= 11 is 5.91. The Morgan fingerprint density at radius 3 is 2.23 bits per heavy atom. The second kappa shape index (κ2) is 17.1. The second-order valence-electron chi connectivity index (χ2n) is 8.38. The molecular weight excluding hydrogens is 432 g/mol. The van der Waals surface area contributed by atoms with Gasteiger partial charge in [-0.05, 0) is 30.3 Å². The van der Waals surface area contributed by atoms with Gasteiger partial charge in [-0.15, -0.1) is 0 Å². The van der Waals surface area contributed by atoms with Gasteiger partial charge in [0, 0.05) is 38.0 Å². The zero-order valence-electron chi connectivity index (χ0n) is 20.5. The van der Waals surface area contributed by atoms with Crippen molar-refractivity contribution in [3.8, 4) is 0 Å². The Balaban J connectivity index is 5.40. The van der Waals surface area contributed by atoms with Crippen molar-refractivity contribution in [3.05, 3.63) is 0 Å². The van der Waals surface area contributed by atoms with E-state index in [1.165, 1.54) is 7.11 Å². The lowest BCUT2D eigenvalue weighted by Gasteiger charge is -2.34. The molecule has 0 aliphatic carbocycles. The van der Waals surface area contributed by atoms with Crippen LogP contribution in [0.1, 0.15) is 47.0 Å². The molecule has 0 aliphatic rings. The van der Waals surface area contributed by atoms with Gasteiger partial charge in [-0.25, -0.2) is 4.79 Å². The molecule has 0 spiro atoms. The Kier molecular flexibility index (Phi) is 16.8. The topological polar surface area (TPSA) is 96.7 Å². The molecule has 0 radical (unpaired) electrons. The van der Waals surface area contributed by atoms with Crippen LogP contribution >= 0.6 is 24.4 Å². The quantitative estimate of drug-likeness (QED) is 0.188. The number of likely N-dealkylation sites (N-methyl/N-ethyl adjacent to an activating group) is 1. The van der Waals surface area contributed by atoms with Crippen LogP contribution in [0, 0.1) is 11.8 Å². The fourth-order valence-corrected chi connectivity index (χ4v) is 3.94. The summed E-state index contributed by atoms with van der Waals surface area (Å²) in [5.41, 5.74) is 6.03. The van der Waals surface area contributed by atoms with Crippen molar-refractivity contribution in [3.63, 3.8) is 0 Å². The van der Waals surface area contributed by atoms with Crippen LogP contribution in [-0.4, -0.2) is 86.0 Å². The van der Waals surface area contributed by atoms with Crippen molar-refractivity contribution in [1.82, 2.24) is 15.5 Å². The number of thiol groups is 1. The molecule has 0 aromatic carbocycles. The van der Waals surface area contributed by atoms with E-state index in [0.29, 0.717) is 31.2 Å². The highest BCUT2D eigenvalue weighted by atomic mass is 32.2. The van der Waals surface area contributed by atoms with Gasteiger partial charge in [0.25, 0.3) is 0 Å². The van der Waals surface area contributed by atoms with E-state index in [2.05, 4.69) is 51.0 Å². The molecule has 0 aromatic heterocycles. The number of methoxy groups -OCH3 is 1. The maximum atomic E-state index is 13.4. The monoisotopic (exact) mass is 478 g/mol. The third-order valence-electron chi connectivity index (χ3n) is 6.13. The lowest BCUT2D eigenvalue weighted by atomic mass is 9.94. The number of amides is 1. The van der Waals surface area contributed by atoms with E-state index in [9.17, 15) is 9.59 Å². The zero-order valence-corrected chi connectivity index (χ0v) is 22.2. The third-order valence-corrected chi connectivity index (χ3v) is 7.24. The van der Waals surface area contributed by atoms with Crippen LogP contribution < -0.4 is 16.4 Å². The number of rotatable bonds is 17. The van der Waals surface area contributed by atoms with Gasteiger partial charge in [0.1, 0.15) is 6.04 Å². The molecule has 7 nitrogen and oxygen atoms in total. The predicted octanol–water partition coefficient (Wildman–Crippen LogP) is 2.01. The normalized spacial score (nSPS) is 17.3. The van der Waals surface area contributed by atoms with Crippen LogP contribution in [0.15, 0.2) is 0 Å². The minimum absolute atomic E-state index is 0.00901. The average Bonchev–Trinajstić information content (AvgIpc) is 2.79. The Morgan fingerprint density at radius 1 is 1.13 bits per heavy atom. The molecular formula is C22H46N4O3S2. The molecule has 0 rings (SSSR count). The van der Waals surface area contributed by atoms with Crippen LogP contribution in [0.2, 0.25) is 0 Å². The SMILES string of the molecule is CC[C@H](C)[C@H](NC[C@@H](NC[C@@H](N)CS)[C@@H](C)CC)C(=O)N(C)[C@@H](CCSC)C(=O)OC. The number of hydrogen-bond acceptors (Lipinski definition) is 8. The summed E-state index contributed by atoms with van der Waals surface area (Å²) in [4.78, 5) is 27.3. The summed E-state index contributed by atoms with van der Waals surface area (Å²) < 4.78 is 4.97. The van der Waals surface area contributed by atoms with E-state index in [1.54, 1.807) is 23.7 Å². The minimum atomic E-state index is -0.574. The molecule has 0 fully saturated rings. The molecule has 0 saturated heterocycles. The number of nitrogens with one attached hydrogen (secondary N) is 2. The van der Waals surface area contributed by atoms with Crippen molar-refractivity contribution in [2.24, 2.45) is 17.6 Å². The molecule has 31 heavy (non-hydrogen) atoms. The van der Waals surface area contributed by atoms with E-state index < -0.39 is 6.04 Å². The number of esters is 1. The lowest BCUT2D eigenvalue weighted by Crippen LogP contribution is -2.56. The Morgan fingerprint density at radius 2 is 1.74 bits per heavy atom. The number of carbonyl (C=O) groups excluding carboxylic acids is 2.